The van der Waals surface area contributed by atoms with Gasteiger partial charge < -0.3 is 11.1 Å². The minimum absolute atomic E-state index is 0.307. The summed E-state index contributed by atoms with van der Waals surface area (Å²) in [5, 5.41) is 9.45. The highest BCUT2D eigenvalue weighted by atomic mass is 35.5. The second kappa shape index (κ2) is 4.24. The maximum atomic E-state index is 11.8. The van der Waals surface area contributed by atoms with Crippen LogP contribution in [0.3, 0.4) is 0 Å². The number of hydrogen-bond donors (Lipinski definition) is 3. The van der Waals surface area contributed by atoms with Gasteiger partial charge in [-0.15, -0.1) is 0 Å². The standard InChI is InChI=1S/C10H9ClN4O/c11-6-1-2-7(8(12)5-6)10(16)14-9-3-4-13-15-9/h1-5H,12H2,(H2,13,14,15,16). The highest BCUT2D eigenvalue weighted by molar-refractivity contribution is 6.31. The van der Waals surface area contributed by atoms with Crippen molar-refractivity contribution in [1.82, 2.24) is 10.2 Å². The Labute approximate surface area is 96.6 Å². The van der Waals surface area contributed by atoms with E-state index in [9.17, 15) is 4.79 Å². The van der Waals surface area contributed by atoms with Crippen molar-refractivity contribution in [2.45, 2.75) is 0 Å². The molecule has 0 unspecified atom stereocenters. The molecule has 1 heterocycles. The van der Waals surface area contributed by atoms with Crippen LogP contribution in [0.1, 0.15) is 10.4 Å². The largest absolute Gasteiger partial charge is 0.398 e. The van der Waals surface area contributed by atoms with Gasteiger partial charge in [0.1, 0.15) is 5.82 Å². The lowest BCUT2D eigenvalue weighted by Gasteiger charge is -2.05. The number of carbonyl (C=O) groups is 1. The van der Waals surface area contributed by atoms with E-state index in [4.69, 9.17) is 17.3 Å². The van der Waals surface area contributed by atoms with Crippen LogP contribution in [0.5, 0.6) is 0 Å². The summed E-state index contributed by atoms with van der Waals surface area (Å²) in [6, 6.07) is 6.36. The van der Waals surface area contributed by atoms with Crippen molar-refractivity contribution in [2.75, 3.05) is 11.1 Å². The number of carbonyl (C=O) groups excluding carboxylic acids is 1. The monoisotopic (exact) mass is 236 g/mol. The number of nitrogens with zero attached hydrogens (tertiary/aromatic N) is 1. The molecule has 2 rings (SSSR count). The van der Waals surface area contributed by atoms with Gasteiger partial charge in [-0.2, -0.15) is 5.10 Å². The van der Waals surface area contributed by atoms with E-state index in [1.165, 1.54) is 6.07 Å². The van der Waals surface area contributed by atoms with Crippen LogP contribution in [-0.4, -0.2) is 16.1 Å². The number of nitrogen functional groups attached to an aromatic ring is 1. The maximum absolute atomic E-state index is 11.8. The van der Waals surface area contributed by atoms with Crippen molar-refractivity contribution in [2.24, 2.45) is 0 Å². The van der Waals surface area contributed by atoms with Crippen molar-refractivity contribution in [3.63, 3.8) is 0 Å². The van der Waals surface area contributed by atoms with E-state index in [1.54, 1.807) is 24.4 Å². The fraction of sp³-hybridized carbons (Fsp3) is 0. The summed E-state index contributed by atoms with van der Waals surface area (Å²) in [6.45, 7) is 0. The van der Waals surface area contributed by atoms with Gasteiger partial charge >= 0.3 is 0 Å². The van der Waals surface area contributed by atoms with Crippen LogP contribution in [0.15, 0.2) is 30.5 Å². The molecular formula is C10H9ClN4O. The lowest BCUT2D eigenvalue weighted by Crippen LogP contribution is -2.14. The third kappa shape index (κ3) is 2.14. The Balaban J connectivity index is 2.21. The molecular weight excluding hydrogens is 228 g/mol. The van der Waals surface area contributed by atoms with Crippen LogP contribution in [0.4, 0.5) is 11.5 Å². The maximum Gasteiger partial charge on any atom is 0.258 e. The number of nitrogens with one attached hydrogen (secondary N) is 2. The van der Waals surface area contributed by atoms with Crippen LogP contribution in [0.2, 0.25) is 5.02 Å². The first-order valence-electron chi connectivity index (χ1n) is 4.52. The highest BCUT2D eigenvalue weighted by Gasteiger charge is 2.10. The second-order valence-corrected chi connectivity index (χ2v) is 3.59. The number of amides is 1. The molecule has 0 saturated heterocycles. The van der Waals surface area contributed by atoms with Crippen LogP contribution < -0.4 is 11.1 Å². The normalized spacial score (nSPS) is 10.1. The number of H-pyrrole nitrogens is 1. The molecule has 1 aromatic carbocycles. The molecule has 1 aromatic heterocycles. The minimum atomic E-state index is -0.307. The number of rotatable bonds is 2. The molecule has 0 atom stereocenters. The molecule has 0 radical (unpaired) electrons. The smallest absolute Gasteiger partial charge is 0.258 e. The fourth-order valence-electron chi connectivity index (χ4n) is 1.26. The second-order valence-electron chi connectivity index (χ2n) is 3.16. The van der Waals surface area contributed by atoms with E-state index >= 15 is 0 Å². The molecule has 0 aliphatic heterocycles. The predicted molar refractivity (Wildman–Crippen MR) is 62.4 cm³/mol. The predicted octanol–water partition coefficient (Wildman–Crippen LogP) is 1.90. The molecule has 0 aliphatic rings. The number of nitrogens with two attached hydrogens (primary N) is 1. The van der Waals surface area contributed by atoms with Crippen LogP contribution in [0.25, 0.3) is 0 Å². The van der Waals surface area contributed by atoms with Gasteiger partial charge in [-0.1, -0.05) is 11.6 Å². The van der Waals surface area contributed by atoms with Gasteiger partial charge in [-0.25, -0.2) is 0 Å². The van der Waals surface area contributed by atoms with E-state index in [2.05, 4.69) is 15.5 Å². The zero-order valence-electron chi connectivity index (χ0n) is 8.20. The Hall–Kier alpha value is -2.01. The third-order valence-electron chi connectivity index (χ3n) is 2.01. The zero-order valence-corrected chi connectivity index (χ0v) is 8.95. The first-order valence-corrected chi connectivity index (χ1v) is 4.90. The SMILES string of the molecule is Nc1cc(Cl)ccc1C(=O)Nc1ccn[nH]1. The summed E-state index contributed by atoms with van der Waals surface area (Å²) in [4.78, 5) is 11.8. The molecule has 82 valence electrons. The molecule has 0 fully saturated rings. The summed E-state index contributed by atoms with van der Waals surface area (Å²) in [7, 11) is 0. The van der Waals surface area contributed by atoms with E-state index in [-0.39, 0.29) is 5.91 Å². The first kappa shape index (κ1) is 10.5. The molecule has 1 amide bonds. The Morgan fingerprint density at radius 2 is 2.25 bits per heavy atom. The Bertz CT molecular complexity index is 510. The van der Waals surface area contributed by atoms with Gasteiger partial charge in [0.15, 0.2) is 0 Å². The van der Waals surface area contributed by atoms with Gasteiger partial charge in [0.05, 0.1) is 11.8 Å². The molecule has 6 heteroatoms. The van der Waals surface area contributed by atoms with Gasteiger partial charge in [-0.3, -0.25) is 9.89 Å². The average Bonchev–Trinajstić information content (AvgIpc) is 2.70. The third-order valence-corrected chi connectivity index (χ3v) is 2.24. The molecule has 16 heavy (non-hydrogen) atoms. The van der Waals surface area contributed by atoms with Crippen LogP contribution in [0, 0.1) is 0 Å². The number of halogens is 1. The number of aromatic nitrogens is 2. The van der Waals surface area contributed by atoms with Gasteiger partial charge in [0, 0.05) is 16.8 Å². The Morgan fingerprint density at radius 1 is 1.44 bits per heavy atom. The van der Waals surface area contributed by atoms with Gasteiger partial charge in [0.2, 0.25) is 0 Å². The number of benzene rings is 1. The van der Waals surface area contributed by atoms with Gasteiger partial charge in [0.25, 0.3) is 5.91 Å². The number of anilines is 2. The summed E-state index contributed by atoms with van der Waals surface area (Å²) in [5.74, 6) is 0.206. The van der Waals surface area contributed by atoms with Crippen molar-refractivity contribution in [1.29, 1.82) is 0 Å². The summed E-state index contributed by atoms with van der Waals surface area (Å²) in [5.41, 5.74) is 6.39. The van der Waals surface area contributed by atoms with Crippen molar-refractivity contribution >= 4 is 29.0 Å². The summed E-state index contributed by atoms with van der Waals surface area (Å²) in [6.07, 6.45) is 1.54. The summed E-state index contributed by atoms with van der Waals surface area (Å²) >= 11 is 5.74. The molecule has 0 spiro atoms. The molecule has 5 nitrogen and oxygen atoms in total. The number of hydrogen-bond acceptors (Lipinski definition) is 3. The molecule has 0 bridgehead atoms. The van der Waals surface area contributed by atoms with E-state index < -0.39 is 0 Å². The van der Waals surface area contributed by atoms with Crippen molar-refractivity contribution in [3.05, 3.63) is 41.0 Å². The Morgan fingerprint density at radius 3 is 2.88 bits per heavy atom. The molecule has 0 aliphatic carbocycles. The fourth-order valence-corrected chi connectivity index (χ4v) is 1.44. The number of aromatic amines is 1. The summed E-state index contributed by atoms with van der Waals surface area (Å²) < 4.78 is 0. The average molecular weight is 237 g/mol. The van der Waals surface area contributed by atoms with Crippen molar-refractivity contribution < 1.29 is 4.79 Å². The van der Waals surface area contributed by atoms with Crippen LogP contribution >= 0.6 is 11.6 Å². The minimum Gasteiger partial charge on any atom is -0.398 e. The highest BCUT2D eigenvalue weighted by Crippen LogP contribution is 2.18. The van der Waals surface area contributed by atoms with E-state index in [0.717, 1.165) is 0 Å². The Kier molecular flexibility index (Phi) is 2.78. The van der Waals surface area contributed by atoms with Crippen molar-refractivity contribution in [3.8, 4) is 0 Å². The van der Waals surface area contributed by atoms with Gasteiger partial charge in [-0.05, 0) is 18.2 Å². The first-order chi connectivity index (χ1) is 7.66. The molecule has 4 N–H and O–H groups in total. The molecule has 0 saturated carbocycles. The zero-order chi connectivity index (χ0) is 11.5. The van der Waals surface area contributed by atoms with Crippen LogP contribution in [-0.2, 0) is 0 Å². The molecule has 2 aromatic rings. The topological polar surface area (TPSA) is 83.8 Å². The van der Waals surface area contributed by atoms with E-state index in [1.807, 2.05) is 0 Å². The lowest BCUT2D eigenvalue weighted by atomic mass is 10.1. The quantitative estimate of drug-likeness (QED) is 0.697. The lowest BCUT2D eigenvalue weighted by molar-refractivity contribution is 0.102. The van der Waals surface area contributed by atoms with E-state index in [0.29, 0.717) is 22.1 Å².